The summed E-state index contributed by atoms with van der Waals surface area (Å²) in [5, 5.41) is 12.2. The van der Waals surface area contributed by atoms with E-state index in [2.05, 4.69) is 5.32 Å². The Morgan fingerprint density at radius 2 is 1.95 bits per heavy atom. The molecular weight excluding hydrogens is 260 g/mol. The molecular formula is C14H18N2O2S. The molecule has 1 aliphatic rings. The molecule has 1 heterocycles. The zero-order chi connectivity index (χ0) is 13.7. The number of hydrogen-bond acceptors (Lipinski definition) is 4. The topological polar surface area (TPSA) is 70.0 Å². The molecule has 1 saturated heterocycles. The highest BCUT2D eigenvalue weighted by atomic mass is 32.2. The Balaban J connectivity index is 2.06. The van der Waals surface area contributed by atoms with E-state index in [4.69, 9.17) is 5.26 Å². The second-order valence-corrected chi connectivity index (χ2v) is 7.13. The number of nitrogens with zero attached hydrogens (tertiary/aromatic N) is 1. The van der Waals surface area contributed by atoms with Gasteiger partial charge in [-0.25, -0.2) is 8.42 Å². The summed E-state index contributed by atoms with van der Waals surface area (Å²) in [6.45, 7) is 1.80. The molecule has 19 heavy (non-hydrogen) atoms. The molecule has 0 bridgehead atoms. The molecule has 1 aromatic carbocycles. The maximum atomic E-state index is 12.2. The van der Waals surface area contributed by atoms with Crippen molar-refractivity contribution >= 4 is 9.84 Å². The number of hydrogen-bond donors (Lipinski definition) is 1. The normalized spacial score (nSPS) is 17.0. The van der Waals surface area contributed by atoms with Crippen LogP contribution >= 0.6 is 0 Å². The molecule has 1 aromatic rings. The third kappa shape index (κ3) is 4.05. The van der Waals surface area contributed by atoms with Crippen molar-refractivity contribution in [3.63, 3.8) is 0 Å². The van der Waals surface area contributed by atoms with Crippen LogP contribution in [-0.4, -0.2) is 27.3 Å². The van der Waals surface area contributed by atoms with E-state index in [1.165, 1.54) is 0 Å². The number of nitrogens with one attached hydrogen (secondary N) is 1. The van der Waals surface area contributed by atoms with Crippen molar-refractivity contribution in [2.75, 3.05) is 18.8 Å². The SMILES string of the molecule is N#Cc1ccccc1CS(=O)(=O)CC1CCNCC1. The van der Waals surface area contributed by atoms with Gasteiger partial charge < -0.3 is 5.32 Å². The summed E-state index contributed by atoms with van der Waals surface area (Å²) in [5.74, 6) is 0.454. The summed E-state index contributed by atoms with van der Waals surface area (Å²) in [6, 6.07) is 8.96. The van der Waals surface area contributed by atoms with E-state index in [-0.39, 0.29) is 17.4 Å². The Hall–Kier alpha value is -1.38. The molecule has 2 rings (SSSR count). The lowest BCUT2D eigenvalue weighted by atomic mass is 10.0. The van der Waals surface area contributed by atoms with Crippen molar-refractivity contribution < 1.29 is 8.42 Å². The van der Waals surface area contributed by atoms with E-state index >= 15 is 0 Å². The molecule has 0 atom stereocenters. The average molecular weight is 278 g/mol. The molecule has 4 nitrogen and oxygen atoms in total. The van der Waals surface area contributed by atoms with Crippen molar-refractivity contribution in [1.29, 1.82) is 5.26 Å². The molecule has 0 aromatic heterocycles. The van der Waals surface area contributed by atoms with E-state index in [1.54, 1.807) is 24.3 Å². The van der Waals surface area contributed by atoms with Gasteiger partial charge in [-0.2, -0.15) is 5.26 Å². The lowest BCUT2D eigenvalue weighted by Gasteiger charge is -2.22. The standard InChI is InChI=1S/C14H18N2O2S/c15-9-13-3-1-2-4-14(13)11-19(17,18)10-12-5-7-16-8-6-12/h1-4,12,16H,5-8,10-11H2. The van der Waals surface area contributed by atoms with Crippen molar-refractivity contribution in [3.05, 3.63) is 35.4 Å². The van der Waals surface area contributed by atoms with Gasteiger partial charge in [-0.15, -0.1) is 0 Å². The number of piperidine rings is 1. The summed E-state index contributed by atoms with van der Waals surface area (Å²) in [5.41, 5.74) is 1.07. The van der Waals surface area contributed by atoms with Gasteiger partial charge >= 0.3 is 0 Å². The highest BCUT2D eigenvalue weighted by molar-refractivity contribution is 7.90. The van der Waals surface area contributed by atoms with Gasteiger partial charge in [0, 0.05) is 0 Å². The highest BCUT2D eigenvalue weighted by Crippen LogP contribution is 2.18. The first-order valence-corrected chi connectivity index (χ1v) is 8.32. The number of sulfone groups is 1. The third-order valence-corrected chi connectivity index (χ3v) is 5.19. The molecule has 1 fully saturated rings. The van der Waals surface area contributed by atoms with Crippen LogP contribution < -0.4 is 5.32 Å². The lowest BCUT2D eigenvalue weighted by molar-refractivity contribution is 0.401. The predicted octanol–water partition coefficient (Wildman–Crippen LogP) is 1.47. The van der Waals surface area contributed by atoms with Gasteiger partial charge in [0.25, 0.3) is 0 Å². The first-order chi connectivity index (χ1) is 9.11. The quantitative estimate of drug-likeness (QED) is 0.905. The van der Waals surface area contributed by atoms with Crippen LogP contribution in [0.4, 0.5) is 0 Å². The maximum Gasteiger partial charge on any atom is 0.154 e. The van der Waals surface area contributed by atoms with Crippen molar-refractivity contribution in [2.45, 2.75) is 18.6 Å². The van der Waals surface area contributed by atoms with Crippen LogP contribution in [0.25, 0.3) is 0 Å². The van der Waals surface area contributed by atoms with E-state index in [0.29, 0.717) is 11.1 Å². The molecule has 0 spiro atoms. The number of nitriles is 1. The van der Waals surface area contributed by atoms with Gasteiger partial charge in [0.1, 0.15) is 0 Å². The zero-order valence-corrected chi connectivity index (χ0v) is 11.6. The van der Waals surface area contributed by atoms with Crippen LogP contribution in [0.15, 0.2) is 24.3 Å². The van der Waals surface area contributed by atoms with Gasteiger partial charge in [-0.05, 0) is 43.5 Å². The molecule has 0 radical (unpaired) electrons. The minimum atomic E-state index is -3.15. The second-order valence-electron chi connectivity index (χ2n) is 5.02. The van der Waals surface area contributed by atoms with Gasteiger partial charge in [-0.3, -0.25) is 0 Å². The van der Waals surface area contributed by atoms with Crippen molar-refractivity contribution in [2.24, 2.45) is 5.92 Å². The summed E-state index contributed by atoms with van der Waals surface area (Å²) in [7, 11) is -3.15. The fourth-order valence-corrected chi connectivity index (χ4v) is 4.35. The maximum absolute atomic E-state index is 12.2. The summed E-state index contributed by atoms with van der Waals surface area (Å²) in [4.78, 5) is 0. The Morgan fingerprint density at radius 3 is 2.63 bits per heavy atom. The number of rotatable bonds is 4. The zero-order valence-electron chi connectivity index (χ0n) is 10.8. The fraction of sp³-hybridized carbons (Fsp3) is 0.500. The molecule has 1 N–H and O–H groups in total. The van der Waals surface area contributed by atoms with Crippen LogP contribution in [0.3, 0.4) is 0 Å². The highest BCUT2D eigenvalue weighted by Gasteiger charge is 2.22. The first-order valence-electron chi connectivity index (χ1n) is 6.50. The van der Waals surface area contributed by atoms with E-state index in [9.17, 15) is 8.42 Å². The van der Waals surface area contributed by atoms with E-state index in [0.717, 1.165) is 25.9 Å². The van der Waals surface area contributed by atoms with Crippen molar-refractivity contribution in [3.8, 4) is 6.07 Å². The summed E-state index contributed by atoms with van der Waals surface area (Å²) < 4.78 is 24.4. The molecule has 0 amide bonds. The van der Waals surface area contributed by atoms with Gasteiger partial charge in [0.05, 0.1) is 23.1 Å². The van der Waals surface area contributed by atoms with Crippen LogP contribution in [0.2, 0.25) is 0 Å². The van der Waals surface area contributed by atoms with Crippen molar-refractivity contribution in [1.82, 2.24) is 5.32 Å². The molecule has 5 heteroatoms. The second kappa shape index (κ2) is 6.18. The lowest BCUT2D eigenvalue weighted by Crippen LogP contribution is -2.31. The van der Waals surface area contributed by atoms with Crippen LogP contribution in [0, 0.1) is 17.2 Å². The first kappa shape index (κ1) is 14.0. The van der Waals surface area contributed by atoms with E-state index in [1.807, 2.05) is 6.07 Å². The smallest absolute Gasteiger partial charge is 0.154 e. The monoisotopic (exact) mass is 278 g/mol. The summed E-state index contributed by atoms with van der Waals surface area (Å²) >= 11 is 0. The molecule has 0 unspecified atom stereocenters. The largest absolute Gasteiger partial charge is 0.317 e. The minimum absolute atomic E-state index is 0.0271. The van der Waals surface area contributed by atoms with Gasteiger partial charge in [0.15, 0.2) is 9.84 Å². The average Bonchev–Trinajstić information content (AvgIpc) is 2.39. The fourth-order valence-electron chi connectivity index (χ4n) is 2.46. The number of benzene rings is 1. The van der Waals surface area contributed by atoms with Crippen LogP contribution in [0.1, 0.15) is 24.0 Å². The molecule has 0 saturated carbocycles. The third-order valence-electron chi connectivity index (χ3n) is 3.46. The van der Waals surface area contributed by atoms with E-state index < -0.39 is 9.84 Å². The molecule has 0 aliphatic carbocycles. The predicted molar refractivity (Wildman–Crippen MR) is 74.2 cm³/mol. The molecule has 1 aliphatic heterocycles. The van der Waals surface area contributed by atoms with Gasteiger partial charge in [-0.1, -0.05) is 18.2 Å². The Bertz CT molecular complexity index is 569. The van der Waals surface area contributed by atoms with Crippen LogP contribution in [-0.2, 0) is 15.6 Å². The van der Waals surface area contributed by atoms with Crippen LogP contribution in [0.5, 0.6) is 0 Å². The Kier molecular flexibility index (Phi) is 4.56. The minimum Gasteiger partial charge on any atom is -0.317 e. The molecule has 102 valence electrons. The Morgan fingerprint density at radius 1 is 1.26 bits per heavy atom. The summed E-state index contributed by atoms with van der Waals surface area (Å²) in [6.07, 6.45) is 1.83. The Labute approximate surface area is 114 Å². The van der Waals surface area contributed by atoms with Gasteiger partial charge in [0.2, 0.25) is 0 Å².